The molecule has 0 bridgehead atoms. The lowest BCUT2D eigenvalue weighted by Gasteiger charge is -2.13. The van der Waals surface area contributed by atoms with Gasteiger partial charge in [-0.25, -0.2) is 0 Å². The second kappa shape index (κ2) is 10.5. The molecule has 0 saturated carbocycles. The maximum atomic E-state index is 13.0. The van der Waals surface area contributed by atoms with E-state index in [1.54, 1.807) is 48.5 Å². The monoisotopic (exact) mass is 549 g/mol. The number of hydrogen-bond donors (Lipinski definition) is 0. The Morgan fingerprint density at radius 1 is 1.11 bits per heavy atom. The first-order chi connectivity index (χ1) is 16.9. The Labute approximate surface area is 213 Å². The fraction of sp³-hybridized carbons (Fsp3) is 0.0800. The zero-order valence-electron chi connectivity index (χ0n) is 18.0. The minimum atomic E-state index is -0.527. The first-order valence-electron chi connectivity index (χ1n) is 10.2. The van der Waals surface area contributed by atoms with Crippen molar-refractivity contribution in [3.05, 3.63) is 108 Å². The van der Waals surface area contributed by atoms with Gasteiger partial charge in [0.15, 0.2) is 0 Å². The van der Waals surface area contributed by atoms with Crippen molar-refractivity contribution >= 4 is 50.6 Å². The maximum absolute atomic E-state index is 13.0. The average Bonchev–Trinajstić information content (AvgIpc) is 3.11. The van der Waals surface area contributed by atoms with Gasteiger partial charge in [0.1, 0.15) is 12.4 Å². The molecule has 1 saturated heterocycles. The molecular weight excluding hydrogens is 534 g/mol. The van der Waals surface area contributed by atoms with Crippen molar-refractivity contribution < 1.29 is 19.2 Å². The number of carbonyl (C=O) groups is 2. The minimum absolute atomic E-state index is 0.0729. The van der Waals surface area contributed by atoms with Crippen molar-refractivity contribution in [2.24, 2.45) is 0 Å². The number of benzene rings is 3. The topological polar surface area (TPSA) is 114 Å². The van der Waals surface area contributed by atoms with Gasteiger partial charge in [-0.05, 0) is 47.7 Å². The zero-order valence-corrected chi connectivity index (χ0v) is 20.4. The first-order valence-corrected chi connectivity index (χ1v) is 11.9. The van der Waals surface area contributed by atoms with Crippen LogP contribution < -0.4 is 4.74 Å². The molecule has 0 aromatic heterocycles. The van der Waals surface area contributed by atoms with Crippen LogP contribution in [0.3, 0.4) is 0 Å². The third kappa shape index (κ3) is 5.59. The lowest BCUT2D eigenvalue weighted by molar-refractivity contribution is -0.384. The number of rotatable bonds is 7. The Balaban J connectivity index is 1.56. The van der Waals surface area contributed by atoms with E-state index in [-0.39, 0.29) is 23.7 Å². The largest absolute Gasteiger partial charge is 0.488 e. The Morgan fingerprint density at radius 2 is 1.91 bits per heavy atom. The highest BCUT2D eigenvalue weighted by atomic mass is 79.9. The van der Waals surface area contributed by atoms with Gasteiger partial charge in [0.2, 0.25) is 0 Å². The summed E-state index contributed by atoms with van der Waals surface area (Å²) in [5.41, 5.74) is 2.17. The molecule has 0 N–H and O–H groups in total. The van der Waals surface area contributed by atoms with E-state index in [2.05, 4.69) is 22.0 Å². The summed E-state index contributed by atoms with van der Waals surface area (Å²) in [4.78, 5) is 37.3. The van der Waals surface area contributed by atoms with Gasteiger partial charge in [-0.1, -0.05) is 46.3 Å². The van der Waals surface area contributed by atoms with Gasteiger partial charge in [-0.15, -0.1) is 0 Å². The van der Waals surface area contributed by atoms with E-state index >= 15 is 0 Å². The van der Waals surface area contributed by atoms with Gasteiger partial charge in [0, 0.05) is 27.7 Å². The Bertz CT molecular complexity index is 1420. The molecule has 1 heterocycles. The fourth-order valence-electron chi connectivity index (χ4n) is 3.40. The van der Waals surface area contributed by atoms with Crippen molar-refractivity contribution in [1.29, 1.82) is 5.26 Å². The van der Waals surface area contributed by atoms with Gasteiger partial charge in [-0.3, -0.25) is 24.6 Å². The molecule has 0 unspecified atom stereocenters. The lowest BCUT2D eigenvalue weighted by Crippen LogP contribution is -2.27. The van der Waals surface area contributed by atoms with E-state index in [4.69, 9.17) is 4.74 Å². The number of halogens is 1. The molecule has 0 aliphatic carbocycles. The van der Waals surface area contributed by atoms with Gasteiger partial charge in [0.25, 0.3) is 16.8 Å². The van der Waals surface area contributed by atoms with Gasteiger partial charge >= 0.3 is 0 Å². The Morgan fingerprint density at radius 3 is 2.69 bits per heavy atom. The highest BCUT2D eigenvalue weighted by molar-refractivity contribution is 9.10. The minimum Gasteiger partial charge on any atom is -0.488 e. The molecule has 2 amide bonds. The summed E-state index contributed by atoms with van der Waals surface area (Å²) >= 11 is 4.21. The summed E-state index contributed by atoms with van der Waals surface area (Å²) in [6, 6.07) is 20.3. The molecule has 0 spiro atoms. The molecule has 0 radical (unpaired) electrons. The van der Waals surface area contributed by atoms with Crippen molar-refractivity contribution in [2.45, 2.75) is 13.2 Å². The number of nitro benzene ring substituents is 1. The Kier molecular flexibility index (Phi) is 7.29. The molecule has 1 fully saturated rings. The van der Waals surface area contributed by atoms with E-state index < -0.39 is 16.1 Å². The molecule has 10 heteroatoms. The Hall–Kier alpha value is -3.94. The number of nitrogens with zero attached hydrogens (tertiary/aromatic N) is 3. The quantitative estimate of drug-likeness (QED) is 0.200. The molecule has 1 aliphatic heterocycles. The molecule has 4 rings (SSSR count). The summed E-state index contributed by atoms with van der Waals surface area (Å²) in [6.45, 7) is 0.0803. The third-order valence-electron chi connectivity index (χ3n) is 5.12. The summed E-state index contributed by atoms with van der Waals surface area (Å²) in [5, 5.41) is 19.9. The van der Waals surface area contributed by atoms with E-state index in [0.717, 1.165) is 26.7 Å². The number of thioether (sulfide) groups is 1. The number of non-ortho nitro benzene ring substituents is 1. The number of nitriles is 1. The van der Waals surface area contributed by atoms with Crippen LogP contribution in [-0.4, -0.2) is 21.0 Å². The summed E-state index contributed by atoms with van der Waals surface area (Å²) in [5.74, 6) is -0.0151. The number of nitro groups is 1. The van der Waals surface area contributed by atoms with Crippen LogP contribution in [0.4, 0.5) is 10.5 Å². The van der Waals surface area contributed by atoms with Crippen LogP contribution in [0.2, 0.25) is 0 Å². The highest BCUT2D eigenvalue weighted by Gasteiger charge is 2.35. The van der Waals surface area contributed by atoms with E-state index in [1.807, 2.05) is 6.07 Å². The zero-order chi connectivity index (χ0) is 24.9. The number of carbonyl (C=O) groups excluding carboxylic acids is 2. The summed E-state index contributed by atoms with van der Waals surface area (Å²) in [6.07, 6.45) is 1.58. The van der Waals surface area contributed by atoms with E-state index in [9.17, 15) is 25.0 Å². The van der Waals surface area contributed by atoms with E-state index in [1.165, 1.54) is 18.2 Å². The van der Waals surface area contributed by atoms with Gasteiger partial charge < -0.3 is 4.74 Å². The number of imide groups is 1. The molecule has 174 valence electrons. The highest BCUT2D eigenvalue weighted by Crippen LogP contribution is 2.36. The lowest BCUT2D eigenvalue weighted by atomic mass is 10.1. The van der Waals surface area contributed by atoms with E-state index in [0.29, 0.717) is 22.4 Å². The second-order valence-corrected chi connectivity index (χ2v) is 9.34. The van der Waals surface area contributed by atoms with Crippen LogP contribution >= 0.6 is 27.7 Å². The number of ether oxygens (including phenoxy) is 1. The predicted octanol–water partition coefficient (Wildman–Crippen LogP) is 6.04. The van der Waals surface area contributed by atoms with Gasteiger partial charge in [-0.2, -0.15) is 5.26 Å². The molecule has 0 atom stereocenters. The third-order valence-corrected chi connectivity index (χ3v) is 6.52. The maximum Gasteiger partial charge on any atom is 0.293 e. The van der Waals surface area contributed by atoms with Crippen LogP contribution in [0.25, 0.3) is 6.08 Å². The number of amides is 2. The molecule has 3 aromatic carbocycles. The van der Waals surface area contributed by atoms with Crippen LogP contribution in [-0.2, 0) is 17.9 Å². The number of hydrogen-bond acceptors (Lipinski definition) is 7. The molecule has 8 nitrogen and oxygen atoms in total. The smallest absolute Gasteiger partial charge is 0.293 e. The predicted molar refractivity (Wildman–Crippen MR) is 134 cm³/mol. The molecular formula is C25H16BrN3O5S. The normalized spacial score (nSPS) is 14.3. The summed E-state index contributed by atoms with van der Waals surface area (Å²) < 4.78 is 6.71. The van der Waals surface area contributed by atoms with Crippen LogP contribution in [0.1, 0.15) is 22.3 Å². The molecule has 35 heavy (non-hydrogen) atoms. The van der Waals surface area contributed by atoms with Gasteiger partial charge in [0.05, 0.1) is 28.0 Å². The van der Waals surface area contributed by atoms with Crippen LogP contribution in [0.15, 0.2) is 76.1 Å². The van der Waals surface area contributed by atoms with Crippen molar-refractivity contribution in [3.63, 3.8) is 0 Å². The van der Waals surface area contributed by atoms with Crippen molar-refractivity contribution in [3.8, 4) is 11.8 Å². The fourth-order valence-corrected chi connectivity index (χ4v) is 4.61. The average molecular weight is 550 g/mol. The summed E-state index contributed by atoms with van der Waals surface area (Å²) in [7, 11) is 0. The van der Waals surface area contributed by atoms with Crippen molar-refractivity contribution in [1.82, 2.24) is 4.90 Å². The SMILES string of the molecule is N#Cc1ccccc1COc1ccc(Br)cc1/C=C1/SC(=O)N(Cc2cccc([N+](=O)[O-])c2)C1=O. The van der Waals surface area contributed by atoms with Crippen molar-refractivity contribution in [2.75, 3.05) is 0 Å². The standard InChI is InChI=1S/C25H16BrN3O5S/c26-20-8-9-22(34-15-18-6-2-1-5-17(18)13-27)19(11-20)12-23-24(30)28(25(31)35-23)14-16-4-3-7-21(10-16)29(32)33/h1-12H,14-15H2/b23-12+. The molecule has 3 aromatic rings. The van der Waals surface area contributed by atoms with Crippen LogP contribution in [0, 0.1) is 21.4 Å². The first kappa shape index (κ1) is 24.2. The second-order valence-electron chi connectivity index (χ2n) is 7.43. The molecule has 1 aliphatic rings. The van der Waals surface area contributed by atoms with Crippen LogP contribution in [0.5, 0.6) is 5.75 Å².